The molecule has 0 spiro atoms. The van der Waals surface area contributed by atoms with Crippen molar-refractivity contribution < 1.29 is 80.2 Å². The summed E-state index contributed by atoms with van der Waals surface area (Å²) in [5.41, 5.74) is 0. The van der Waals surface area contributed by atoms with E-state index < -0.39 is 97.5 Å². The molecular formula is C79H154O17P2. The van der Waals surface area contributed by atoms with E-state index in [1.54, 1.807) is 0 Å². The number of phosphoric ester groups is 2. The van der Waals surface area contributed by atoms with Gasteiger partial charge in [-0.2, -0.15) is 0 Å². The molecule has 0 aromatic heterocycles. The van der Waals surface area contributed by atoms with Crippen molar-refractivity contribution in [1.82, 2.24) is 0 Å². The molecular weight excluding hydrogens is 1280 g/mol. The van der Waals surface area contributed by atoms with E-state index in [1.165, 1.54) is 244 Å². The van der Waals surface area contributed by atoms with Crippen LogP contribution in [0.2, 0.25) is 0 Å². The molecule has 0 aromatic carbocycles. The Kier molecular flexibility index (Phi) is 70.6. The number of aliphatic hydroxyl groups is 1. The highest BCUT2D eigenvalue weighted by molar-refractivity contribution is 7.47. The minimum absolute atomic E-state index is 0.108. The Labute approximate surface area is 600 Å². The maximum Gasteiger partial charge on any atom is 0.472 e. The lowest BCUT2D eigenvalue weighted by Crippen LogP contribution is -2.30. The molecule has 0 saturated carbocycles. The highest BCUT2D eigenvalue weighted by atomic mass is 31.2. The van der Waals surface area contributed by atoms with Gasteiger partial charge in [0.25, 0.3) is 0 Å². The van der Waals surface area contributed by atoms with Crippen molar-refractivity contribution in [2.75, 3.05) is 39.6 Å². The lowest BCUT2D eigenvalue weighted by atomic mass is 10.0. The van der Waals surface area contributed by atoms with Crippen molar-refractivity contribution in [2.45, 2.75) is 438 Å². The van der Waals surface area contributed by atoms with Crippen LogP contribution in [0.15, 0.2) is 0 Å². The monoisotopic (exact) mass is 1440 g/mol. The van der Waals surface area contributed by atoms with E-state index in [2.05, 4.69) is 34.6 Å². The summed E-state index contributed by atoms with van der Waals surface area (Å²) in [5, 5.41) is 10.6. The zero-order chi connectivity index (χ0) is 71.9. The SMILES string of the molecule is CCCCCCCCCCCCCCCCC(=O)OC[C@H](COP(=O)(O)OC[C@@H](O)COP(=O)(O)OC[C@@H](COC(=O)CCCCCCCCCCCCCC)OC(=O)CCCCCCCCCCCCCCC)OC(=O)CCCCCCCCCCCCCCCCCCC(C)C. The van der Waals surface area contributed by atoms with Gasteiger partial charge >= 0.3 is 39.5 Å². The summed E-state index contributed by atoms with van der Waals surface area (Å²) in [7, 11) is -9.91. The number of aliphatic hydroxyl groups excluding tert-OH is 1. The molecule has 0 amide bonds. The van der Waals surface area contributed by atoms with Gasteiger partial charge in [0.15, 0.2) is 12.2 Å². The molecule has 5 atom stereocenters. The average molecular weight is 1440 g/mol. The summed E-state index contributed by atoms with van der Waals surface area (Å²) < 4.78 is 68.7. The van der Waals surface area contributed by atoms with Gasteiger partial charge in [0, 0.05) is 25.7 Å². The standard InChI is InChI=1S/C79H154O17P2/c1-6-9-12-15-18-21-24-27-34-38-43-48-53-58-63-77(82)90-69-75(96-79(84)65-60-55-50-45-40-35-31-29-28-30-33-36-41-46-51-56-61-72(4)5)71-94-98(87,88)92-67-73(80)66-91-97(85,86)93-70-74(68-89-76(81)62-57-52-47-42-37-26-23-20-17-14-11-8-3)95-78(83)64-59-54-49-44-39-32-25-22-19-16-13-10-7-2/h72-75,80H,6-71H2,1-5H3,(H,85,86)(H,87,88)/t73-,74+,75+/m0/s1. The number of hydrogen-bond acceptors (Lipinski definition) is 15. The maximum absolute atomic E-state index is 13.1. The molecule has 0 aromatic rings. The van der Waals surface area contributed by atoms with Crippen molar-refractivity contribution in [1.29, 1.82) is 0 Å². The fourth-order valence-electron chi connectivity index (χ4n) is 12.2. The third kappa shape index (κ3) is 72.4. The van der Waals surface area contributed by atoms with Crippen LogP contribution in [-0.2, 0) is 65.4 Å². The first-order valence-corrected chi connectivity index (χ1v) is 44.1. The van der Waals surface area contributed by atoms with E-state index in [4.69, 9.17) is 37.0 Å². The van der Waals surface area contributed by atoms with E-state index in [-0.39, 0.29) is 25.7 Å². The fraction of sp³-hybridized carbons (Fsp3) is 0.949. The molecule has 0 bridgehead atoms. The Morgan fingerprint density at radius 1 is 0.276 bits per heavy atom. The van der Waals surface area contributed by atoms with Gasteiger partial charge in [-0.25, -0.2) is 9.13 Å². The van der Waals surface area contributed by atoms with Gasteiger partial charge in [-0.3, -0.25) is 37.3 Å². The minimum Gasteiger partial charge on any atom is -0.462 e. The van der Waals surface area contributed by atoms with Gasteiger partial charge in [-0.15, -0.1) is 0 Å². The minimum atomic E-state index is -4.96. The Hall–Kier alpha value is -1.94. The summed E-state index contributed by atoms with van der Waals surface area (Å²) in [5.74, 6) is -1.30. The predicted octanol–water partition coefficient (Wildman–Crippen LogP) is 23.6. The fourth-order valence-corrected chi connectivity index (χ4v) is 13.8. The maximum atomic E-state index is 13.1. The van der Waals surface area contributed by atoms with Gasteiger partial charge in [-0.1, -0.05) is 369 Å². The van der Waals surface area contributed by atoms with E-state index in [0.717, 1.165) is 95.8 Å². The Morgan fingerprint density at radius 2 is 0.469 bits per heavy atom. The lowest BCUT2D eigenvalue weighted by Gasteiger charge is -2.21. The first-order valence-electron chi connectivity index (χ1n) is 41.1. The molecule has 0 aliphatic heterocycles. The Morgan fingerprint density at radius 3 is 0.694 bits per heavy atom. The quantitative estimate of drug-likeness (QED) is 0.0222. The van der Waals surface area contributed by atoms with Crippen LogP contribution in [0, 0.1) is 5.92 Å². The number of unbranched alkanes of at least 4 members (excludes halogenated alkanes) is 51. The Balaban J connectivity index is 5.24. The average Bonchev–Trinajstić information content (AvgIpc) is 1.07. The van der Waals surface area contributed by atoms with Crippen LogP contribution >= 0.6 is 15.6 Å². The number of carbonyl (C=O) groups is 4. The second kappa shape index (κ2) is 72.0. The molecule has 0 radical (unpaired) electrons. The highest BCUT2D eigenvalue weighted by Crippen LogP contribution is 2.45. The lowest BCUT2D eigenvalue weighted by molar-refractivity contribution is -0.161. The van der Waals surface area contributed by atoms with Crippen molar-refractivity contribution in [2.24, 2.45) is 5.92 Å². The van der Waals surface area contributed by atoms with Crippen LogP contribution in [0.4, 0.5) is 0 Å². The molecule has 0 heterocycles. The molecule has 582 valence electrons. The summed E-state index contributed by atoms with van der Waals surface area (Å²) >= 11 is 0. The molecule has 0 fully saturated rings. The van der Waals surface area contributed by atoms with E-state index >= 15 is 0 Å². The van der Waals surface area contributed by atoms with Crippen LogP contribution in [0.5, 0.6) is 0 Å². The largest absolute Gasteiger partial charge is 0.472 e. The number of ether oxygens (including phenoxy) is 4. The van der Waals surface area contributed by atoms with Crippen LogP contribution in [0.3, 0.4) is 0 Å². The molecule has 0 aliphatic rings. The third-order valence-corrected chi connectivity index (χ3v) is 20.4. The van der Waals surface area contributed by atoms with Crippen LogP contribution in [-0.4, -0.2) is 96.7 Å². The van der Waals surface area contributed by atoms with Gasteiger partial charge < -0.3 is 33.8 Å². The second-order valence-corrected chi connectivity index (χ2v) is 31.8. The van der Waals surface area contributed by atoms with Gasteiger partial charge in [-0.05, 0) is 31.6 Å². The normalized spacial score (nSPS) is 13.9. The zero-order valence-corrected chi connectivity index (χ0v) is 65.7. The third-order valence-electron chi connectivity index (χ3n) is 18.5. The van der Waals surface area contributed by atoms with E-state index in [1.807, 2.05) is 0 Å². The van der Waals surface area contributed by atoms with Crippen molar-refractivity contribution in [3.05, 3.63) is 0 Å². The summed E-state index contributed by atoms with van der Waals surface area (Å²) in [6.45, 7) is 7.35. The molecule has 3 N–H and O–H groups in total. The molecule has 0 saturated heterocycles. The molecule has 19 heteroatoms. The number of rotatable bonds is 79. The number of phosphoric acid groups is 2. The van der Waals surface area contributed by atoms with Crippen molar-refractivity contribution in [3.63, 3.8) is 0 Å². The summed E-state index contributed by atoms with van der Waals surface area (Å²) in [6, 6.07) is 0. The highest BCUT2D eigenvalue weighted by Gasteiger charge is 2.30. The van der Waals surface area contributed by atoms with Crippen molar-refractivity contribution in [3.8, 4) is 0 Å². The summed E-state index contributed by atoms with van der Waals surface area (Å²) in [6.07, 6.45) is 62.2. The number of hydrogen-bond donors (Lipinski definition) is 3. The first kappa shape index (κ1) is 96.1. The molecule has 0 aliphatic carbocycles. The van der Waals surface area contributed by atoms with Gasteiger partial charge in [0.1, 0.15) is 19.3 Å². The van der Waals surface area contributed by atoms with E-state index in [0.29, 0.717) is 25.7 Å². The molecule has 0 rings (SSSR count). The van der Waals surface area contributed by atoms with Gasteiger partial charge in [0.05, 0.1) is 26.4 Å². The van der Waals surface area contributed by atoms with Crippen LogP contribution in [0.1, 0.15) is 420 Å². The molecule has 17 nitrogen and oxygen atoms in total. The van der Waals surface area contributed by atoms with Gasteiger partial charge in [0.2, 0.25) is 0 Å². The number of carbonyl (C=O) groups excluding carboxylic acids is 4. The smallest absolute Gasteiger partial charge is 0.462 e. The zero-order valence-electron chi connectivity index (χ0n) is 63.9. The van der Waals surface area contributed by atoms with Crippen LogP contribution < -0.4 is 0 Å². The van der Waals surface area contributed by atoms with Crippen molar-refractivity contribution >= 4 is 39.5 Å². The predicted molar refractivity (Wildman–Crippen MR) is 400 cm³/mol. The summed E-state index contributed by atoms with van der Waals surface area (Å²) in [4.78, 5) is 73.0. The topological polar surface area (TPSA) is 237 Å². The second-order valence-electron chi connectivity index (χ2n) is 28.9. The first-order chi connectivity index (χ1) is 47.5. The van der Waals surface area contributed by atoms with E-state index in [9.17, 15) is 43.2 Å². The molecule has 98 heavy (non-hydrogen) atoms. The molecule has 2 unspecified atom stereocenters. The van der Waals surface area contributed by atoms with Crippen LogP contribution in [0.25, 0.3) is 0 Å². The number of esters is 4. The Bertz CT molecular complexity index is 1870.